The maximum Gasteiger partial charge on any atom is 0.262 e. The summed E-state index contributed by atoms with van der Waals surface area (Å²) in [6.07, 6.45) is 5.33. The van der Waals surface area contributed by atoms with E-state index in [0.717, 1.165) is 5.82 Å². The predicted molar refractivity (Wildman–Crippen MR) is 94.0 cm³/mol. The van der Waals surface area contributed by atoms with E-state index in [4.69, 9.17) is 11.6 Å². The van der Waals surface area contributed by atoms with Crippen molar-refractivity contribution in [3.8, 4) is 0 Å². The number of hydrogen-bond acceptors (Lipinski definition) is 4. The highest BCUT2D eigenvalue weighted by Gasteiger charge is 2.12. The van der Waals surface area contributed by atoms with Crippen LogP contribution in [0.3, 0.4) is 0 Å². The second-order valence-electron chi connectivity index (χ2n) is 5.00. The Balaban J connectivity index is 2.06. The van der Waals surface area contributed by atoms with Crippen LogP contribution in [-0.4, -0.2) is 19.1 Å². The first-order valence-electron chi connectivity index (χ1n) is 7.00. The molecule has 118 valence electrons. The normalized spacial score (nSPS) is 11.0. The highest BCUT2D eigenvalue weighted by molar-refractivity contribution is 7.98. The fourth-order valence-corrected chi connectivity index (χ4v) is 3.42. The van der Waals surface area contributed by atoms with Gasteiger partial charge < -0.3 is 4.57 Å². The summed E-state index contributed by atoms with van der Waals surface area (Å²) in [5.74, 6) is 1.54. The van der Waals surface area contributed by atoms with Crippen molar-refractivity contribution in [3.05, 3.63) is 64.4 Å². The highest BCUT2D eigenvalue weighted by Crippen LogP contribution is 2.23. The number of nitrogens with zero attached hydrogens (tertiary/aromatic N) is 4. The summed E-state index contributed by atoms with van der Waals surface area (Å²) < 4.78 is 3.57. The van der Waals surface area contributed by atoms with Crippen molar-refractivity contribution in [1.82, 2.24) is 19.1 Å². The Morgan fingerprint density at radius 2 is 2.26 bits per heavy atom. The Morgan fingerprint density at radius 1 is 1.43 bits per heavy atom. The standard InChI is InChI=1S/C16H15ClN4OS/c1-3-7-21-15(22)12-5-4-11(17)9-13(12)19-16(21)23-10-14-18-6-8-20(14)2/h3-6,8-9H,1,7,10H2,2H3. The Bertz CT molecular complexity index is 931. The molecule has 1 aromatic carbocycles. The van der Waals surface area contributed by atoms with E-state index >= 15 is 0 Å². The van der Waals surface area contributed by atoms with Gasteiger partial charge in [-0.25, -0.2) is 9.97 Å². The van der Waals surface area contributed by atoms with Gasteiger partial charge in [0, 0.05) is 31.0 Å². The van der Waals surface area contributed by atoms with E-state index in [1.54, 1.807) is 35.0 Å². The highest BCUT2D eigenvalue weighted by atomic mass is 35.5. The molecule has 0 radical (unpaired) electrons. The maximum atomic E-state index is 12.7. The quantitative estimate of drug-likeness (QED) is 0.404. The van der Waals surface area contributed by atoms with Crippen LogP contribution in [-0.2, 0) is 19.3 Å². The molecule has 0 saturated heterocycles. The van der Waals surface area contributed by atoms with Gasteiger partial charge in [0.1, 0.15) is 5.82 Å². The molecule has 3 aromatic rings. The lowest BCUT2D eigenvalue weighted by atomic mass is 10.2. The number of aromatic nitrogens is 4. The molecule has 2 aromatic heterocycles. The number of imidazole rings is 1. The fraction of sp³-hybridized carbons (Fsp3) is 0.188. The molecule has 0 unspecified atom stereocenters. The van der Waals surface area contributed by atoms with E-state index in [1.807, 2.05) is 17.8 Å². The molecule has 0 aliphatic heterocycles. The molecule has 5 nitrogen and oxygen atoms in total. The molecule has 3 rings (SSSR count). The second kappa shape index (κ2) is 6.60. The van der Waals surface area contributed by atoms with E-state index in [1.165, 1.54) is 11.8 Å². The van der Waals surface area contributed by atoms with Crippen molar-refractivity contribution in [2.75, 3.05) is 0 Å². The van der Waals surface area contributed by atoms with Gasteiger partial charge in [0.25, 0.3) is 5.56 Å². The number of benzene rings is 1. The minimum absolute atomic E-state index is 0.0890. The molecule has 0 bridgehead atoms. The molecule has 0 saturated carbocycles. The number of halogens is 1. The summed E-state index contributed by atoms with van der Waals surface area (Å²) in [7, 11) is 1.94. The molecule has 0 N–H and O–H groups in total. The minimum Gasteiger partial charge on any atom is -0.337 e. The van der Waals surface area contributed by atoms with Crippen molar-refractivity contribution in [2.45, 2.75) is 17.5 Å². The van der Waals surface area contributed by atoms with Crippen LogP contribution in [0.1, 0.15) is 5.82 Å². The van der Waals surface area contributed by atoms with E-state index < -0.39 is 0 Å². The third-order valence-electron chi connectivity index (χ3n) is 3.45. The summed E-state index contributed by atoms with van der Waals surface area (Å²) in [6.45, 7) is 4.13. The summed E-state index contributed by atoms with van der Waals surface area (Å²) in [4.78, 5) is 21.6. The average molecular weight is 347 g/mol. The van der Waals surface area contributed by atoms with Gasteiger partial charge in [-0.1, -0.05) is 29.4 Å². The minimum atomic E-state index is -0.0890. The number of allylic oxidation sites excluding steroid dienone is 1. The lowest BCUT2D eigenvalue weighted by Crippen LogP contribution is -2.22. The van der Waals surface area contributed by atoms with Crippen molar-refractivity contribution in [3.63, 3.8) is 0 Å². The Morgan fingerprint density at radius 3 is 2.96 bits per heavy atom. The van der Waals surface area contributed by atoms with Gasteiger partial charge in [-0.2, -0.15) is 0 Å². The largest absolute Gasteiger partial charge is 0.337 e. The molecular formula is C16H15ClN4OS. The van der Waals surface area contributed by atoms with Gasteiger partial charge in [-0.3, -0.25) is 9.36 Å². The van der Waals surface area contributed by atoms with Crippen LogP contribution in [0.25, 0.3) is 10.9 Å². The van der Waals surface area contributed by atoms with Gasteiger partial charge in [-0.05, 0) is 18.2 Å². The zero-order valence-corrected chi connectivity index (χ0v) is 14.1. The van der Waals surface area contributed by atoms with Crippen molar-refractivity contribution in [1.29, 1.82) is 0 Å². The van der Waals surface area contributed by atoms with Gasteiger partial charge in [0.15, 0.2) is 5.16 Å². The number of rotatable bonds is 5. The van der Waals surface area contributed by atoms with Crippen molar-refractivity contribution < 1.29 is 0 Å². The molecular weight excluding hydrogens is 332 g/mol. The Kier molecular flexibility index (Phi) is 4.54. The fourth-order valence-electron chi connectivity index (χ4n) is 2.24. The second-order valence-corrected chi connectivity index (χ2v) is 6.38. The maximum absolute atomic E-state index is 12.7. The van der Waals surface area contributed by atoms with Crippen molar-refractivity contribution >= 4 is 34.3 Å². The zero-order chi connectivity index (χ0) is 16.4. The first-order chi connectivity index (χ1) is 11.1. The Labute approximate surface area is 142 Å². The average Bonchev–Trinajstić information content (AvgIpc) is 2.93. The third-order valence-corrected chi connectivity index (χ3v) is 4.65. The van der Waals surface area contributed by atoms with E-state index in [9.17, 15) is 4.79 Å². The van der Waals surface area contributed by atoms with E-state index in [0.29, 0.717) is 33.4 Å². The summed E-state index contributed by atoms with van der Waals surface area (Å²) >= 11 is 7.49. The van der Waals surface area contributed by atoms with Gasteiger partial charge in [0.2, 0.25) is 0 Å². The smallest absolute Gasteiger partial charge is 0.262 e. The van der Waals surface area contributed by atoms with Gasteiger partial charge in [-0.15, -0.1) is 6.58 Å². The molecule has 0 atom stereocenters. The first-order valence-corrected chi connectivity index (χ1v) is 8.36. The molecule has 0 fully saturated rings. The number of fused-ring (bicyclic) bond motifs is 1. The summed E-state index contributed by atoms with van der Waals surface area (Å²) in [5, 5.41) is 1.75. The molecule has 2 heterocycles. The van der Waals surface area contributed by atoms with Crippen LogP contribution in [0.15, 0.2) is 53.2 Å². The SMILES string of the molecule is C=CCn1c(SCc2nccn2C)nc2cc(Cl)ccc2c1=O. The van der Waals surface area contributed by atoms with E-state index in [2.05, 4.69) is 16.5 Å². The lowest BCUT2D eigenvalue weighted by Gasteiger charge is -2.11. The van der Waals surface area contributed by atoms with Crippen LogP contribution in [0.2, 0.25) is 5.02 Å². The van der Waals surface area contributed by atoms with Crippen LogP contribution in [0.5, 0.6) is 0 Å². The number of thioether (sulfide) groups is 1. The first kappa shape index (κ1) is 15.8. The summed E-state index contributed by atoms with van der Waals surface area (Å²) in [5.41, 5.74) is 0.513. The molecule has 7 heteroatoms. The predicted octanol–water partition coefficient (Wildman–Crippen LogP) is 3.26. The van der Waals surface area contributed by atoms with Gasteiger partial charge >= 0.3 is 0 Å². The zero-order valence-electron chi connectivity index (χ0n) is 12.6. The number of hydrogen-bond donors (Lipinski definition) is 0. The van der Waals surface area contributed by atoms with Crippen molar-refractivity contribution in [2.24, 2.45) is 7.05 Å². The molecule has 0 aliphatic carbocycles. The lowest BCUT2D eigenvalue weighted by molar-refractivity contribution is 0.671. The van der Waals surface area contributed by atoms with Crippen LogP contribution < -0.4 is 5.56 Å². The Hall–Kier alpha value is -2.05. The van der Waals surface area contributed by atoms with Gasteiger partial charge in [0.05, 0.1) is 16.7 Å². The third kappa shape index (κ3) is 3.18. The number of aryl methyl sites for hydroxylation is 1. The van der Waals surface area contributed by atoms with Crippen LogP contribution in [0.4, 0.5) is 0 Å². The van der Waals surface area contributed by atoms with Crippen LogP contribution >= 0.6 is 23.4 Å². The molecule has 0 spiro atoms. The summed E-state index contributed by atoms with van der Waals surface area (Å²) in [6, 6.07) is 5.12. The molecule has 23 heavy (non-hydrogen) atoms. The van der Waals surface area contributed by atoms with Crippen LogP contribution in [0, 0.1) is 0 Å². The van der Waals surface area contributed by atoms with E-state index in [-0.39, 0.29) is 5.56 Å². The monoisotopic (exact) mass is 346 g/mol. The topological polar surface area (TPSA) is 52.7 Å². The molecule has 0 aliphatic rings. The molecule has 0 amide bonds.